The number of hydrogen-bond donors (Lipinski definition) is 3. The Bertz CT molecular complexity index is 1060. The lowest BCUT2D eigenvalue weighted by molar-refractivity contribution is -0.160. The van der Waals surface area contributed by atoms with Gasteiger partial charge in [-0.25, -0.2) is 13.8 Å². The number of pyridine rings is 1. The van der Waals surface area contributed by atoms with Crippen molar-refractivity contribution in [3.63, 3.8) is 0 Å². The molecule has 36 heavy (non-hydrogen) atoms. The molecule has 7 nitrogen and oxygen atoms in total. The number of hydrogen-bond acceptors (Lipinski definition) is 6. The van der Waals surface area contributed by atoms with Gasteiger partial charge in [-0.15, -0.1) is 11.8 Å². The molecule has 0 aromatic carbocycles. The van der Waals surface area contributed by atoms with Gasteiger partial charge in [-0.2, -0.15) is 18.3 Å². The lowest BCUT2D eigenvalue weighted by atomic mass is 9.67. The minimum absolute atomic E-state index is 0.174. The second-order valence-electron chi connectivity index (χ2n) is 9.47. The number of amides is 1. The maximum atomic E-state index is 14.0. The summed E-state index contributed by atoms with van der Waals surface area (Å²) in [6.07, 6.45) is -0.658. The number of aliphatic hydroxyl groups is 1. The fraction of sp³-hybridized carbons (Fsp3) is 0.609. The maximum absolute atomic E-state index is 14.0. The summed E-state index contributed by atoms with van der Waals surface area (Å²) < 4.78 is 70.0. The van der Waals surface area contributed by atoms with Crippen LogP contribution >= 0.6 is 11.8 Å². The Kier molecular flexibility index (Phi) is 8.67. The summed E-state index contributed by atoms with van der Waals surface area (Å²) >= 11 is 1.32. The molecule has 0 saturated heterocycles. The number of alkyl halides is 5. The second-order valence-corrected chi connectivity index (χ2v) is 10.3. The first-order valence-electron chi connectivity index (χ1n) is 11.5. The van der Waals surface area contributed by atoms with Crippen molar-refractivity contribution in [3.05, 3.63) is 35.3 Å². The van der Waals surface area contributed by atoms with E-state index in [1.807, 2.05) is 0 Å². The molecule has 0 aliphatic heterocycles. The van der Waals surface area contributed by atoms with Gasteiger partial charge in [-0.3, -0.25) is 9.48 Å². The summed E-state index contributed by atoms with van der Waals surface area (Å²) in [5.74, 6) is -4.19. The van der Waals surface area contributed by atoms with Gasteiger partial charge in [0.25, 0.3) is 5.91 Å². The quantitative estimate of drug-likeness (QED) is 0.328. The summed E-state index contributed by atoms with van der Waals surface area (Å²) in [4.78, 5) is 17.1. The number of thioether (sulfide) groups is 1. The van der Waals surface area contributed by atoms with Gasteiger partial charge in [-0.1, -0.05) is 6.92 Å². The van der Waals surface area contributed by atoms with Crippen molar-refractivity contribution < 1.29 is 31.9 Å². The topological polar surface area (TPSA) is 106 Å². The van der Waals surface area contributed by atoms with Gasteiger partial charge in [0, 0.05) is 43.8 Å². The molecule has 2 aromatic heterocycles. The number of anilines is 1. The number of halogens is 5. The molecule has 0 unspecified atom stereocenters. The molecule has 0 spiro atoms. The summed E-state index contributed by atoms with van der Waals surface area (Å²) in [5.41, 5.74) is 2.46. The lowest BCUT2D eigenvalue weighted by Crippen LogP contribution is -2.47. The molecular weight excluding hydrogens is 505 g/mol. The van der Waals surface area contributed by atoms with Crippen LogP contribution < -0.4 is 11.1 Å². The minimum atomic E-state index is -4.80. The van der Waals surface area contributed by atoms with Gasteiger partial charge in [0.05, 0.1) is 10.7 Å². The van der Waals surface area contributed by atoms with Crippen LogP contribution in [0, 0.1) is 5.41 Å². The molecule has 4 N–H and O–H groups in total. The summed E-state index contributed by atoms with van der Waals surface area (Å²) in [6, 6.07) is 3.02. The van der Waals surface area contributed by atoms with Crippen molar-refractivity contribution in [2.24, 2.45) is 11.1 Å². The average molecular weight is 536 g/mol. The van der Waals surface area contributed by atoms with Gasteiger partial charge in [0.2, 0.25) is 5.92 Å². The largest absolute Gasteiger partial charge is 0.420 e. The number of nitrogens with zero attached hydrogens (tertiary/aromatic N) is 3. The number of nitrogens with two attached hydrogens (primary N) is 1. The highest BCUT2D eigenvalue weighted by molar-refractivity contribution is 7.98. The molecule has 0 bridgehead atoms. The van der Waals surface area contributed by atoms with Crippen molar-refractivity contribution in [2.75, 3.05) is 24.7 Å². The highest BCUT2D eigenvalue weighted by atomic mass is 32.2. The van der Waals surface area contributed by atoms with E-state index < -0.39 is 47.5 Å². The molecule has 2 fully saturated rings. The van der Waals surface area contributed by atoms with Crippen molar-refractivity contribution in [3.8, 4) is 0 Å². The van der Waals surface area contributed by atoms with Crippen LogP contribution in [0.1, 0.15) is 66.7 Å². The minimum Gasteiger partial charge on any atom is -0.396 e. The number of aliphatic hydroxyl groups excluding tert-OH is 1. The Morgan fingerprint density at radius 1 is 1.33 bits per heavy atom. The normalized spacial score (nSPS) is 18.1. The first-order chi connectivity index (χ1) is 16.8. The Morgan fingerprint density at radius 3 is 2.47 bits per heavy atom. The van der Waals surface area contributed by atoms with Crippen LogP contribution in [-0.4, -0.2) is 51.1 Å². The number of carbonyl (C=O) groups is 1. The van der Waals surface area contributed by atoms with E-state index in [1.165, 1.54) is 24.0 Å². The average Bonchev–Trinajstić information content (AvgIpc) is 3.53. The zero-order chi connectivity index (χ0) is 26.7. The molecule has 200 valence electrons. The maximum Gasteiger partial charge on any atom is 0.420 e. The van der Waals surface area contributed by atoms with Gasteiger partial charge in [-0.05, 0) is 49.6 Å². The molecule has 2 heterocycles. The molecular formula is C23H30F5N5O2S. The van der Waals surface area contributed by atoms with Crippen LogP contribution in [0.4, 0.5) is 27.6 Å². The molecule has 13 heteroatoms. The predicted octanol–water partition coefficient (Wildman–Crippen LogP) is 4.91. The lowest BCUT2D eigenvalue weighted by Gasteiger charge is -2.44. The zero-order valence-electron chi connectivity index (χ0n) is 20.0. The van der Waals surface area contributed by atoms with Crippen LogP contribution in [0.5, 0.6) is 0 Å². The molecule has 2 aromatic rings. The third-order valence-electron chi connectivity index (χ3n) is 5.91. The summed E-state index contributed by atoms with van der Waals surface area (Å²) in [5, 5.41) is 15.2. The van der Waals surface area contributed by atoms with Crippen molar-refractivity contribution in [1.29, 1.82) is 0 Å². The molecule has 1 amide bonds. The fourth-order valence-electron chi connectivity index (χ4n) is 4.30. The van der Waals surface area contributed by atoms with E-state index in [1.54, 1.807) is 19.2 Å². The summed E-state index contributed by atoms with van der Waals surface area (Å²) in [7, 11) is 0. The number of rotatable bonds is 8. The Balaban J connectivity index is 0.000000658. The third-order valence-corrected chi connectivity index (χ3v) is 6.55. The molecule has 2 saturated carbocycles. The molecule has 4 rings (SSSR count). The second kappa shape index (κ2) is 11.0. The van der Waals surface area contributed by atoms with E-state index in [4.69, 9.17) is 10.8 Å². The van der Waals surface area contributed by atoms with Gasteiger partial charge in [0.15, 0.2) is 0 Å². The van der Waals surface area contributed by atoms with Crippen molar-refractivity contribution >= 4 is 23.4 Å². The summed E-state index contributed by atoms with van der Waals surface area (Å²) in [6.45, 7) is 2.20. The van der Waals surface area contributed by atoms with Crippen LogP contribution in [0.2, 0.25) is 0 Å². The standard InChI is InChI=1S/C20H21F5N4OS.C3H9NO/c1-18(8-19(21,22)9-18)10-29-16(14(20(23,24)25)15(28-29)11-3-4-11)17(30)27-12-5-6-26-13(7-12)31-2;4-2-1-3-5/h5-7,11H,3-4,8-10H2,1-2H3,(H,26,27,30);5H,1-4H2. The predicted molar refractivity (Wildman–Crippen MR) is 126 cm³/mol. The SMILES string of the molecule is CSc1cc(NC(=O)c2c(C(F)(F)F)c(C3CC3)nn2CC2(C)CC(F)(F)C2)ccn1.NCCCO. The Labute approximate surface area is 210 Å². The van der Waals surface area contributed by atoms with E-state index in [-0.39, 0.29) is 24.8 Å². The smallest absolute Gasteiger partial charge is 0.396 e. The number of aromatic nitrogens is 3. The van der Waals surface area contributed by atoms with Crippen LogP contribution in [0.3, 0.4) is 0 Å². The monoisotopic (exact) mass is 535 g/mol. The van der Waals surface area contributed by atoms with Crippen LogP contribution in [-0.2, 0) is 12.7 Å². The van der Waals surface area contributed by atoms with Gasteiger partial charge >= 0.3 is 6.18 Å². The first kappa shape index (κ1) is 28.3. The van der Waals surface area contributed by atoms with E-state index in [2.05, 4.69) is 15.4 Å². The molecule has 2 aliphatic rings. The van der Waals surface area contributed by atoms with Gasteiger partial charge < -0.3 is 16.2 Å². The highest BCUT2D eigenvalue weighted by Crippen LogP contribution is 2.53. The van der Waals surface area contributed by atoms with Crippen molar-refractivity contribution in [1.82, 2.24) is 14.8 Å². The molecule has 0 atom stereocenters. The Hall–Kier alpha value is -2.25. The Morgan fingerprint density at radius 2 is 2.00 bits per heavy atom. The first-order valence-corrected chi connectivity index (χ1v) is 12.7. The van der Waals surface area contributed by atoms with Crippen LogP contribution in [0.15, 0.2) is 23.4 Å². The van der Waals surface area contributed by atoms with E-state index in [0.29, 0.717) is 30.1 Å². The molecule has 0 radical (unpaired) electrons. The van der Waals surface area contributed by atoms with Crippen molar-refractivity contribution in [2.45, 2.75) is 68.6 Å². The van der Waals surface area contributed by atoms with E-state index in [9.17, 15) is 26.7 Å². The zero-order valence-corrected chi connectivity index (χ0v) is 20.9. The highest BCUT2D eigenvalue weighted by Gasteiger charge is 2.55. The molecule has 2 aliphatic carbocycles. The van der Waals surface area contributed by atoms with Crippen LogP contribution in [0.25, 0.3) is 0 Å². The van der Waals surface area contributed by atoms with E-state index in [0.717, 1.165) is 11.1 Å². The number of carbonyl (C=O) groups excluding carboxylic acids is 1. The van der Waals surface area contributed by atoms with Gasteiger partial charge in [0.1, 0.15) is 11.3 Å². The third kappa shape index (κ3) is 6.94. The van der Waals surface area contributed by atoms with E-state index >= 15 is 0 Å². The fourth-order valence-corrected chi connectivity index (χ4v) is 4.71. The number of nitrogens with one attached hydrogen (secondary N) is 1.